The van der Waals surface area contributed by atoms with E-state index in [0.29, 0.717) is 0 Å². The molecular weight excluding hydrogens is 282 g/mol. The maximum absolute atomic E-state index is 9.43. The van der Waals surface area contributed by atoms with Gasteiger partial charge in [-0.1, -0.05) is 15.9 Å². The standard InChI is InChI=1S/C13H18BrNO2/c1-10-8-15(5-2-6-17-10)13-4-3-12(14)7-11(13)9-16/h3-4,7,10,16H,2,5-6,8-9H2,1H3. The van der Waals surface area contributed by atoms with Crippen molar-refractivity contribution in [3.63, 3.8) is 0 Å². The molecule has 1 aromatic carbocycles. The van der Waals surface area contributed by atoms with Crippen LogP contribution in [0.2, 0.25) is 0 Å². The van der Waals surface area contributed by atoms with Crippen LogP contribution in [-0.4, -0.2) is 30.9 Å². The van der Waals surface area contributed by atoms with Crippen LogP contribution in [0, 0.1) is 0 Å². The van der Waals surface area contributed by atoms with Gasteiger partial charge in [-0.2, -0.15) is 0 Å². The Labute approximate surface area is 111 Å². The summed E-state index contributed by atoms with van der Waals surface area (Å²) in [6.45, 7) is 4.85. The number of anilines is 1. The molecule has 0 spiro atoms. The fraction of sp³-hybridized carbons (Fsp3) is 0.538. The van der Waals surface area contributed by atoms with E-state index in [2.05, 4.69) is 33.8 Å². The van der Waals surface area contributed by atoms with Crippen molar-refractivity contribution in [3.05, 3.63) is 28.2 Å². The Morgan fingerprint density at radius 3 is 3.12 bits per heavy atom. The van der Waals surface area contributed by atoms with Gasteiger partial charge in [-0.05, 0) is 31.5 Å². The number of hydrogen-bond acceptors (Lipinski definition) is 3. The van der Waals surface area contributed by atoms with Crippen LogP contribution in [0.5, 0.6) is 0 Å². The van der Waals surface area contributed by atoms with E-state index in [0.717, 1.165) is 41.8 Å². The van der Waals surface area contributed by atoms with Crippen molar-refractivity contribution in [3.8, 4) is 0 Å². The summed E-state index contributed by atoms with van der Waals surface area (Å²) in [4.78, 5) is 2.30. The van der Waals surface area contributed by atoms with Crippen molar-refractivity contribution < 1.29 is 9.84 Å². The number of nitrogens with zero attached hydrogens (tertiary/aromatic N) is 1. The highest BCUT2D eigenvalue weighted by Gasteiger charge is 2.17. The minimum Gasteiger partial charge on any atom is -0.392 e. The lowest BCUT2D eigenvalue weighted by Crippen LogP contribution is -2.30. The molecule has 3 nitrogen and oxygen atoms in total. The maximum Gasteiger partial charge on any atom is 0.0721 e. The second kappa shape index (κ2) is 5.85. The summed E-state index contributed by atoms with van der Waals surface area (Å²) >= 11 is 3.43. The second-order valence-corrected chi connectivity index (χ2v) is 5.33. The number of ether oxygens (including phenoxy) is 1. The average molecular weight is 300 g/mol. The van der Waals surface area contributed by atoms with Gasteiger partial charge in [-0.15, -0.1) is 0 Å². The lowest BCUT2D eigenvalue weighted by molar-refractivity contribution is 0.0820. The molecule has 0 amide bonds. The van der Waals surface area contributed by atoms with E-state index in [9.17, 15) is 5.11 Å². The number of hydrogen-bond donors (Lipinski definition) is 1. The lowest BCUT2D eigenvalue weighted by Gasteiger charge is -2.26. The molecule has 1 fully saturated rings. The van der Waals surface area contributed by atoms with Crippen LogP contribution in [0.15, 0.2) is 22.7 Å². The van der Waals surface area contributed by atoms with Gasteiger partial charge in [-0.3, -0.25) is 0 Å². The zero-order valence-electron chi connectivity index (χ0n) is 10.0. The summed E-state index contributed by atoms with van der Waals surface area (Å²) in [6, 6.07) is 6.06. The van der Waals surface area contributed by atoms with Crippen molar-refractivity contribution in [1.82, 2.24) is 0 Å². The van der Waals surface area contributed by atoms with E-state index in [1.54, 1.807) is 0 Å². The smallest absolute Gasteiger partial charge is 0.0721 e. The van der Waals surface area contributed by atoms with Crippen LogP contribution >= 0.6 is 15.9 Å². The van der Waals surface area contributed by atoms with Crippen molar-refractivity contribution >= 4 is 21.6 Å². The summed E-state index contributed by atoms with van der Waals surface area (Å²) < 4.78 is 6.64. The van der Waals surface area contributed by atoms with Crippen LogP contribution in [0.3, 0.4) is 0 Å². The molecule has 1 heterocycles. The first-order chi connectivity index (χ1) is 8.20. The fourth-order valence-corrected chi connectivity index (χ4v) is 2.61. The molecular formula is C13H18BrNO2. The van der Waals surface area contributed by atoms with Gasteiger partial charge < -0.3 is 14.7 Å². The Hall–Kier alpha value is -0.580. The third-order valence-corrected chi connectivity index (χ3v) is 3.50. The normalized spacial score (nSPS) is 21.4. The molecule has 0 bridgehead atoms. The summed E-state index contributed by atoms with van der Waals surface area (Å²) in [6.07, 6.45) is 1.28. The van der Waals surface area contributed by atoms with Crippen molar-refractivity contribution in [2.45, 2.75) is 26.1 Å². The summed E-state index contributed by atoms with van der Waals surface area (Å²) in [5, 5.41) is 9.43. The summed E-state index contributed by atoms with van der Waals surface area (Å²) in [7, 11) is 0. The van der Waals surface area contributed by atoms with E-state index in [1.807, 2.05) is 12.1 Å². The Kier molecular flexibility index (Phi) is 4.42. The topological polar surface area (TPSA) is 32.7 Å². The zero-order chi connectivity index (χ0) is 12.3. The van der Waals surface area contributed by atoms with E-state index in [-0.39, 0.29) is 12.7 Å². The lowest BCUT2D eigenvalue weighted by atomic mass is 10.1. The molecule has 0 saturated carbocycles. The number of halogens is 1. The first-order valence-corrected chi connectivity index (χ1v) is 6.76. The third-order valence-electron chi connectivity index (χ3n) is 3.00. The molecule has 4 heteroatoms. The van der Waals surface area contributed by atoms with Crippen molar-refractivity contribution in [2.24, 2.45) is 0 Å². The van der Waals surface area contributed by atoms with E-state index >= 15 is 0 Å². The molecule has 1 N–H and O–H groups in total. The first kappa shape index (κ1) is 12.9. The SMILES string of the molecule is CC1CN(c2ccc(Br)cc2CO)CCCO1. The Morgan fingerprint density at radius 2 is 2.35 bits per heavy atom. The number of aliphatic hydroxyl groups excluding tert-OH is 1. The van der Waals surface area contributed by atoms with E-state index in [4.69, 9.17) is 4.74 Å². The van der Waals surface area contributed by atoms with Crippen LogP contribution in [0.25, 0.3) is 0 Å². The Morgan fingerprint density at radius 1 is 1.53 bits per heavy atom. The van der Waals surface area contributed by atoms with E-state index < -0.39 is 0 Å². The monoisotopic (exact) mass is 299 g/mol. The molecule has 2 rings (SSSR count). The van der Waals surface area contributed by atoms with Crippen LogP contribution in [0.1, 0.15) is 18.9 Å². The Balaban J connectivity index is 2.25. The van der Waals surface area contributed by atoms with Crippen LogP contribution in [-0.2, 0) is 11.3 Å². The van der Waals surface area contributed by atoms with Crippen LogP contribution < -0.4 is 4.90 Å². The predicted molar refractivity (Wildman–Crippen MR) is 72.3 cm³/mol. The van der Waals surface area contributed by atoms with E-state index in [1.165, 1.54) is 0 Å². The highest BCUT2D eigenvalue weighted by molar-refractivity contribution is 9.10. The minimum atomic E-state index is 0.0700. The molecule has 1 saturated heterocycles. The highest BCUT2D eigenvalue weighted by atomic mass is 79.9. The molecule has 0 aliphatic carbocycles. The maximum atomic E-state index is 9.43. The second-order valence-electron chi connectivity index (χ2n) is 4.41. The van der Waals surface area contributed by atoms with Gasteiger partial charge >= 0.3 is 0 Å². The molecule has 17 heavy (non-hydrogen) atoms. The van der Waals surface area contributed by atoms with Crippen LogP contribution in [0.4, 0.5) is 5.69 Å². The van der Waals surface area contributed by atoms with Gasteiger partial charge in [-0.25, -0.2) is 0 Å². The van der Waals surface area contributed by atoms with Gasteiger partial charge in [0.15, 0.2) is 0 Å². The molecule has 1 aromatic rings. The van der Waals surface area contributed by atoms with Gasteiger partial charge in [0.05, 0.1) is 12.7 Å². The Bertz CT molecular complexity index is 384. The molecule has 1 unspecified atom stereocenters. The molecule has 94 valence electrons. The number of aliphatic hydroxyl groups is 1. The first-order valence-electron chi connectivity index (χ1n) is 5.96. The minimum absolute atomic E-state index is 0.0700. The molecule has 0 aromatic heterocycles. The summed E-state index contributed by atoms with van der Waals surface area (Å²) in [5.41, 5.74) is 2.08. The molecule has 0 radical (unpaired) electrons. The van der Waals surface area contributed by atoms with Crippen molar-refractivity contribution in [2.75, 3.05) is 24.6 Å². The number of benzene rings is 1. The zero-order valence-corrected chi connectivity index (χ0v) is 11.6. The molecule has 1 atom stereocenters. The van der Waals surface area contributed by atoms with Gasteiger partial charge in [0.25, 0.3) is 0 Å². The largest absolute Gasteiger partial charge is 0.392 e. The quantitative estimate of drug-likeness (QED) is 0.911. The predicted octanol–water partition coefficient (Wildman–Crippen LogP) is 2.56. The third kappa shape index (κ3) is 3.21. The summed E-state index contributed by atoms with van der Waals surface area (Å²) in [5.74, 6) is 0. The van der Waals surface area contributed by atoms with Gasteiger partial charge in [0.1, 0.15) is 0 Å². The van der Waals surface area contributed by atoms with Gasteiger partial charge in [0, 0.05) is 35.4 Å². The van der Waals surface area contributed by atoms with Crippen molar-refractivity contribution in [1.29, 1.82) is 0 Å². The molecule has 1 aliphatic rings. The highest BCUT2D eigenvalue weighted by Crippen LogP contribution is 2.26. The number of rotatable bonds is 2. The van der Waals surface area contributed by atoms with Gasteiger partial charge in [0.2, 0.25) is 0 Å². The average Bonchev–Trinajstić information content (AvgIpc) is 2.53. The molecule has 1 aliphatic heterocycles. The fourth-order valence-electron chi connectivity index (χ4n) is 2.20.